The van der Waals surface area contributed by atoms with Crippen LogP contribution in [0.25, 0.3) is 43.4 Å². The van der Waals surface area contributed by atoms with Crippen molar-refractivity contribution in [1.82, 2.24) is 24.4 Å². The molecule has 6 rings (SSSR count). The van der Waals surface area contributed by atoms with Crippen LogP contribution in [0, 0.1) is 6.92 Å². The zero-order valence-corrected chi connectivity index (χ0v) is 19.3. The van der Waals surface area contributed by atoms with Crippen molar-refractivity contribution in [3.8, 4) is 33.4 Å². The van der Waals surface area contributed by atoms with E-state index in [-0.39, 0.29) is 5.56 Å². The van der Waals surface area contributed by atoms with Gasteiger partial charge >= 0.3 is 0 Å². The lowest BCUT2D eigenvalue weighted by Crippen LogP contribution is -2.20. The monoisotopic (exact) mass is 465 g/mol. The lowest BCUT2D eigenvalue weighted by molar-refractivity contribution is 0.415. The minimum Gasteiger partial charge on any atom is -0.497 e. The van der Waals surface area contributed by atoms with Gasteiger partial charge in [-0.3, -0.25) is 9.36 Å². The Labute approximate surface area is 198 Å². The number of fused-ring (bicyclic) bond motifs is 2. The molecule has 8 heteroatoms. The Balaban J connectivity index is 1.41. The van der Waals surface area contributed by atoms with Crippen molar-refractivity contribution in [2.24, 2.45) is 0 Å². The molecule has 0 spiro atoms. The number of ether oxygens (including phenoxy) is 1. The predicted octanol–water partition coefficient (Wildman–Crippen LogP) is 5.14. The van der Waals surface area contributed by atoms with Gasteiger partial charge in [-0.15, -0.1) is 10.2 Å². The van der Waals surface area contributed by atoms with Crippen molar-refractivity contribution in [1.29, 1.82) is 0 Å². The molecule has 0 saturated carbocycles. The SMILES string of the molecule is COc1ccc2cc(C)n(-c3ccc(-c4nnc5sc(-c6ccccc6)nn45)cc3)c(=O)c2c1. The molecule has 0 unspecified atom stereocenters. The number of pyridine rings is 1. The lowest BCUT2D eigenvalue weighted by atomic mass is 10.1. The van der Waals surface area contributed by atoms with Gasteiger partial charge in [0.05, 0.1) is 12.5 Å². The molecule has 166 valence electrons. The molecule has 0 aliphatic heterocycles. The molecule has 0 radical (unpaired) electrons. The first-order valence-electron chi connectivity index (χ1n) is 10.7. The molecule has 0 atom stereocenters. The van der Waals surface area contributed by atoms with Gasteiger partial charge in [0.15, 0.2) is 5.82 Å². The fourth-order valence-electron chi connectivity index (χ4n) is 4.12. The minimum absolute atomic E-state index is 0.0847. The van der Waals surface area contributed by atoms with Gasteiger partial charge < -0.3 is 4.74 Å². The average molecular weight is 466 g/mol. The summed E-state index contributed by atoms with van der Waals surface area (Å²) in [4.78, 5) is 14.0. The quantitative estimate of drug-likeness (QED) is 0.360. The van der Waals surface area contributed by atoms with E-state index in [1.165, 1.54) is 11.3 Å². The number of hydrogen-bond donors (Lipinski definition) is 0. The number of aromatic nitrogens is 5. The van der Waals surface area contributed by atoms with Gasteiger partial charge in [0, 0.05) is 22.5 Å². The second-order valence-corrected chi connectivity index (χ2v) is 8.87. The number of benzene rings is 3. The molecule has 0 bridgehead atoms. The zero-order chi connectivity index (χ0) is 23.2. The highest BCUT2D eigenvalue weighted by atomic mass is 32.1. The van der Waals surface area contributed by atoms with Crippen molar-refractivity contribution < 1.29 is 4.74 Å². The van der Waals surface area contributed by atoms with Gasteiger partial charge in [-0.2, -0.15) is 9.61 Å². The molecule has 0 saturated heterocycles. The summed E-state index contributed by atoms with van der Waals surface area (Å²) in [5.74, 6) is 1.32. The molecule has 0 fully saturated rings. The summed E-state index contributed by atoms with van der Waals surface area (Å²) < 4.78 is 8.78. The van der Waals surface area contributed by atoms with Gasteiger partial charge in [0.25, 0.3) is 5.56 Å². The van der Waals surface area contributed by atoms with Crippen LogP contribution in [0.15, 0.2) is 83.7 Å². The van der Waals surface area contributed by atoms with Crippen LogP contribution in [-0.2, 0) is 0 Å². The molecule has 34 heavy (non-hydrogen) atoms. The van der Waals surface area contributed by atoms with Gasteiger partial charge in [0.2, 0.25) is 4.96 Å². The number of hydrogen-bond acceptors (Lipinski definition) is 6. The van der Waals surface area contributed by atoms with E-state index < -0.39 is 0 Å². The summed E-state index contributed by atoms with van der Waals surface area (Å²) in [6, 6.07) is 25.3. The van der Waals surface area contributed by atoms with Crippen molar-refractivity contribution >= 4 is 27.1 Å². The first-order chi connectivity index (χ1) is 16.6. The molecule has 3 aromatic carbocycles. The van der Waals surface area contributed by atoms with E-state index in [9.17, 15) is 4.79 Å². The van der Waals surface area contributed by atoms with E-state index in [2.05, 4.69) is 10.2 Å². The van der Waals surface area contributed by atoms with Gasteiger partial charge in [0.1, 0.15) is 10.8 Å². The Hall–Kier alpha value is -4.30. The molecule has 0 aliphatic carbocycles. The maximum absolute atomic E-state index is 13.3. The predicted molar refractivity (Wildman–Crippen MR) is 134 cm³/mol. The van der Waals surface area contributed by atoms with E-state index in [0.717, 1.165) is 37.9 Å². The average Bonchev–Trinajstić information content (AvgIpc) is 3.46. The molecule has 3 heterocycles. The van der Waals surface area contributed by atoms with E-state index >= 15 is 0 Å². The van der Waals surface area contributed by atoms with Crippen LogP contribution in [0.2, 0.25) is 0 Å². The topological polar surface area (TPSA) is 74.3 Å². The smallest absolute Gasteiger partial charge is 0.263 e. The summed E-state index contributed by atoms with van der Waals surface area (Å²) in [6.45, 7) is 1.93. The Morgan fingerprint density at radius 3 is 2.44 bits per heavy atom. The van der Waals surface area contributed by atoms with Crippen LogP contribution in [0.1, 0.15) is 5.69 Å². The van der Waals surface area contributed by atoms with E-state index in [1.807, 2.05) is 79.7 Å². The molecule has 0 amide bonds. The van der Waals surface area contributed by atoms with E-state index in [1.54, 1.807) is 22.3 Å². The maximum Gasteiger partial charge on any atom is 0.263 e. The summed E-state index contributed by atoms with van der Waals surface area (Å²) in [5, 5.41) is 15.8. The van der Waals surface area contributed by atoms with Crippen molar-refractivity contribution in [3.63, 3.8) is 0 Å². The molecule has 0 N–H and O–H groups in total. The Morgan fingerprint density at radius 2 is 1.68 bits per heavy atom. The molecule has 6 aromatic rings. The van der Waals surface area contributed by atoms with Crippen molar-refractivity contribution in [3.05, 3.63) is 94.9 Å². The van der Waals surface area contributed by atoms with Crippen LogP contribution >= 0.6 is 11.3 Å². The highest BCUT2D eigenvalue weighted by Gasteiger charge is 2.15. The second-order valence-electron chi connectivity index (χ2n) is 7.92. The Bertz CT molecular complexity index is 1720. The van der Waals surface area contributed by atoms with Gasteiger partial charge in [-0.05, 0) is 54.8 Å². The minimum atomic E-state index is -0.0847. The first-order valence-corrected chi connectivity index (χ1v) is 11.5. The fraction of sp³-hybridized carbons (Fsp3) is 0.0769. The summed E-state index contributed by atoms with van der Waals surface area (Å²) in [6.07, 6.45) is 0. The largest absolute Gasteiger partial charge is 0.497 e. The lowest BCUT2D eigenvalue weighted by Gasteiger charge is -2.13. The zero-order valence-electron chi connectivity index (χ0n) is 18.5. The van der Waals surface area contributed by atoms with Crippen molar-refractivity contribution in [2.45, 2.75) is 6.92 Å². The van der Waals surface area contributed by atoms with Crippen LogP contribution < -0.4 is 10.3 Å². The maximum atomic E-state index is 13.3. The van der Waals surface area contributed by atoms with Gasteiger partial charge in [-0.25, -0.2) is 0 Å². The Morgan fingerprint density at radius 1 is 0.882 bits per heavy atom. The summed E-state index contributed by atoms with van der Waals surface area (Å²) in [7, 11) is 1.60. The van der Waals surface area contributed by atoms with E-state index in [0.29, 0.717) is 17.0 Å². The van der Waals surface area contributed by atoms with Crippen LogP contribution in [0.5, 0.6) is 5.75 Å². The first kappa shape index (κ1) is 20.3. The van der Waals surface area contributed by atoms with Gasteiger partial charge in [-0.1, -0.05) is 47.7 Å². The standard InChI is InChI=1S/C26H19N5O2S/c1-16-14-19-10-13-21(33-2)15-22(19)25(32)30(16)20-11-8-17(9-12-20)23-27-28-26-31(23)29-24(34-26)18-6-4-3-5-7-18/h3-15H,1-2H3. The normalized spacial score (nSPS) is 11.4. The second kappa shape index (κ2) is 7.93. The van der Waals surface area contributed by atoms with Crippen LogP contribution in [0.3, 0.4) is 0 Å². The molecular formula is C26H19N5O2S. The fourth-order valence-corrected chi connectivity index (χ4v) is 4.96. The third-order valence-electron chi connectivity index (χ3n) is 5.81. The molecule has 7 nitrogen and oxygen atoms in total. The number of methoxy groups -OCH3 is 1. The highest BCUT2D eigenvalue weighted by molar-refractivity contribution is 7.19. The highest BCUT2D eigenvalue weighted by Crippen LogP contribution is 2.28. The molecular weight excluding hydrogens is 446 g/mol. The number of nitrogens with zero attached hydrogens (tertiary/aromatic N) is 5. The number of rotatable bonds is 4. The van der Waals surface area contributed by atoms with Crippen molar-refractivity contribution in [2.75, 3.05) is 7.11 Å². The Kier molecular flexibility index (Phi) is 4.74. The van der Waals surface area contributed by atoms with Crippen LogP contribution in [-0.4, -0.2) is 31.5 Å². The summed E-state index contributed by atoms with van der Waals surface area (Å²) >= 11 is 1.50. The van der Waals surface area contributed by atoms with Crippen LogP contribution in [0.4, 0.5) is 0 Å². The third kappa shape index (κ3) is 3.27. The summed E-state index contributed by atoms with van der Waals surface area (Å²) in [5.41, 5.74) is 3.46. The third-order valence-corrected chi connectivity index (χ3v) is 6.75. The van der Waals surface area contributed by atoms with E-state index in [4.69, 9.17) is 9.84 Å². The molecule has 3 aromatic heterocycles. The molecule has 0 aliphatic rings. The number of aryl methyl sites for hydroxylation is 1.